The van der Waals surface area contributed by atoms with Crippen LogP contribution >= 0.6 is 23.2 Å². The zero-order chi connectivity index (χ0) is 13.9. The van der Waals surface area contributed by atoms with E-state index in [4.69, 9.17) is 28.9 Å². The van der Waals surface area contributed by atoms with Crippen LogP contribution < -0.4 is 5.73 Å². The number of halogens is 5. The number of benzene rings is 1. The average Bonchev–Trinajstić information content (AvgIpc) is 2.21. The Labute approximate surface area is 111 Å². The molecule has 0 heterocycles. The predicted octanol–water partition coefficient (Wildman–Crippen LogP) is 3.68. The van der Waals surface area contributed by atoms with Crippen LogP contribution in [-0.2, 0) is 4.74 Å². The van der Waals surface area contributed by atoms with Crippen LogP contribution in [0.4, 0.5) is 18.9 Å². The number of anilines is 1. The van der Waals surface area contributed by atoms with Gasteiger partial charge in [-0.1, -0.05) is 23.2 Å². The zero-order valence-electron chi connectivity index (χ0n) is 8.85. The monoisotopic (exact) mass is 301 g/mol. The number of carbonyl (C=O) groups is 1. The van der Waals surface area contributed by atoms with Gasteiger partial charge in [0.2, 0.25) is 0 Å². The van der Waals surface area contributed by atoms with E-state index in [1.807, 2.05) is 0 Å². The first-order valence-electron chi connectivity index (χ1n) is 4.69. The molecule has 1 rings (SSSR count). The molecule has 0 amide bonds. The van der Waals surface area contributed by atoms with Gasteiger partial charge in [-0.25, -0.2) is 4.79 Å². The highest BCUT2D eigenvalue weighted by Crippen LogP contribution is 2.29. The number of nitrogen functional groups attached to an aromatic ring is 1. The van der Waals surface area contributed by atoms with Gasteiger partial charge in [0.25, 0.3) is 0 Å². The molecule has 1 aromatic carbocycles. The topological polar surface area (TPSA) is 52.3 Å². The van der Waals surface area contributed by atoms with Crippen LogP contribution in [0.25, 0.3) is 0 Å². The van der Waals surface area contributed by atoms with Crippen molar-refractivity contribution >= 4 is 34.9 Å². The smallest absolute Gasteiger partial charge is 0.392 e. The van der Waals surface area contributed by atoms with Gasteiger partial charge in [-0.05, 0) is 12.1 Å². The van der Waals surface area contributed by atoms with Gasteiger partial charge in [0.05, 0.1) is 22.0 Å². The highest BCUT2D eigenvalue weighted by Gasteiger charge is 2.27. The zero-order valence-corrected chi connectivity index (χ0v) is 10.4. The van der Waals surface area contributed by atoms with Gasteiger partial charge in [0, 0.05) is 5.69 Å². The van der Waals surface area contributed by atoms with Crippen LogP contribution in [0.15, 0.2) is 12.1 Å². The number of esters is 1. The molecule has 0 radical (unpaired) electrons. The molecular weight excluding hydrogens is 294 g/mol. The summed E-state index contributed by atoms with van der Waals surface area (Å²) in [6, 6.07) is 2.50. The third-order valence-corrected chi connectivity index (χ3v) is 2.69. The van der Waals surface area contributed by atoms with Gasteiger partial charge in [-0.15, -0.1) is 0 Å². The molecule has 3 nitrogen and oxygen atoms in total. The Balaban J connectivity index is 2.73. The van der Waals surface area contributed by atoms with Crippen molar-refractivity contribution in [1.82, 2.24) is 0 Å². The lowest BCUT2D eigenvalue weighted by Crippen LogP contribution is -2.15. The quantitative estimate of drug-likeness (QED) is 0.684. The SMILES string of the molecule is Nc1cc(Cl)c(Cl)c(C(=O)OCCC(F)(F)F)c1. The van der Waals surface area contributed by atoms with Crippen molar-refractivity contribution in [3.63, 3.8) is 0 Å². The molecule has 0 aliphatic heterocycles. The molecule has 0 unspecified atom stereocenters. The van der Waals surface area contributed by atoms with E-state index in [1.54, 1.807) is 0 Å². The minimum absolute atomic E-state index is 0.0273. The van der Waals surface area contributed by atoms with Gasteiger partial charge in [0.15, 0.2) is 0 Å². The highest BCUT2D eigenvalue weighted by atomic mass is 35.5. The van der Waals surface area contributed by atoms with Gasteiger partial charge < -0.3 is 10.5 Å². The maximum Gasteiger partial charge on any atom is 0.392 e. The summed E-state index contributed by atoms with van der Waals surface area (Å²) in [7, 11) is 0. The molecule has 100 valence electrons. The second-order valence-electron chi connectivity index (χ2n) is 3.37. The number of alkyl halides is 3. The Bertz CT molecular complexity index is 463. The van der Waals surface area contributed by atoms with Crippen molar-refractivity contribution in [2.45, 2.75) is 12.6 Å². The fourth-order valence-electron chi connectivity index (χ4n) is 1.10. The fraction of sp³-hybridized carbons (Fsp3) is 0.300. The second kappa shape index (κ2) is 5.67. The maximum atomic E-state index is 11.9. The first kappa shape index (κ1) is 14.9. The number of hydrogen-bond donors (Lipinski definition) is 1. The molecule has 0 aromatic heterocycles. The van der Waals surface area contributed by atoms with Crippen molar-refractivity contribution in [3.05, 3.63) is 27.7 Å². The lowest BCUT2D eigenvalue weighted by atomic mass is 10.2. The Morgan fingerprint density at radius 3 is 2.50 bits per heavy atom. The van der Waals surface area contributed by atoms with Crippen LogP contribution in [0.2, 0.25) is 10.0 Å². The number of hydrogen-bond acceptors (Lipinski definition) is 3. The second-order valence-corrected chi connectivity index (χ2v) is 4.15. The maximum absolute atomic E-state index is 11.9. The molecule has 0 aliphatic rings. The van der Waals surface area contributed by atoms with Crippen LogP contribution in [0, 0.1) is 0 Å². The summed E-state index contributed by atoms with van der Waals surface area (Å²) in [6.45, 7) is -0.787. The first-order valence-corrected chi connectivity index (χ1v) is 5.44. The molecule has 1 aromatic rings. The van der Waals surface area contributed by atoms with Gasteiger partial charge in [-0.3, -0.25) is 0 Å². The molecule has 0 saturated carbocycles. The van der Waals surface area contributed by atoms with Gasteiger partial charge >= 0.3 is 12.1 Å². The van der Waals surface area contributed by atoms with Crippen molar-refractivity contribution in [2.24, 2.45) is 0 Å². The van der Waals surface area contributed by atoms with Gasteiger partial charge in [-0.2, -0.15) is 13.2 Å². The Kier molecular flexibility index (Phi) is 4.70. The Hall–Kier alpha value is -1.14. The van der Waals surface area contributed by atoms with Crippen LogP contribution in [-0.4, -0.2) is 18.8 Å². The van der Waals surface area contributed by atoms with Crippen molar-refractivity contribution in [1.29, 1.82) is 0 Å². The van der Waals surface area contributed by atoms with Crippen LogP contribution in [0.1, 0.15) is 16.8 Å². The summed E-state index contributed by atoms with van der Waals surface area (Å²) in [5.41, 5.74) is 5.43. The molecular formula is C10H8Cl2F3NO2. The third kappa shape index (κ3) is 4.27. The van der Waals surface area contributed by atoms with E-state index in [0.29, 0.717) is 0 Å². The largest absolute Gasteiger partial charge is 0.462 e. The lowest BCUT2D eigenvalue weighted by molar-refractivity contribution is -0.141. The molecule has 18 heavy (non-hydrogen) atoms. The normalized spacial score (nSPS) is 11.4. The van der Waals surface area contributed by atoms with Crippen LogP contribution in [0.5, 0.6) is 0 Å². The molecule has 0 fully saturated rings. The molecule has 0 aliphatic carbocycles. The molecule has 0 saturated heterocycles. The van der Waals surface area contributed by atoms with E-state index in [0.717, 1.165) is 0 Å². The summed E-state index contributed by atoms with van der Waals surface area (Å²) >= 11 is 11.4. The number of rotatable bonds is 3. The third-order valence-electron chi connectivity index (χ3n) is 1.89. The van der Waals surface area contributed by atoms with Crippen molar-refractivity contribution < 1.29 is 22.7 Å². The highest BCUT2D eigenvalue weighted by molar-refractivity contribution is 6.44. The Morgan fingerprint density at radius 2 is 1.94 bits per heavy atom. The van der Waals surface area contributed by atoms with E-state index in [9.17, 15) is 18.0 Å². The molecule has 0 bridgehead atoms. The van der Waals surface area contributed by atoms with Crippen molar-refractivity contribution in [2.75, 3.05) is 12.3 Å². The van der Waals surface area contributed by atoms with Crippen LogP contribution in [0.3, 0.4) is 0 Å². The summed E-state index contributed by atoms with van der Waals surface area (Å²) in [5.74, 6) is -1.00. The average molecular weight is 302 g/mol. The summed E-state index contributed by atoms with van der Waals surface area (Å²) < 4.78 is 40.0. The molecule has 8 heteroatoms. The van der Waals surface area contributed by atoms with E-state index >= 15 is 0 Å². The number of nitrogens with two attached hydrogens (primary N) is 1. The fourth-order valence-corrected chi connectivity index (χ4v) is 1.51. The van der Waals surface area contributed by atoms with E-state index in [-0.39, 0.29) is 21.3 Å². The first-order chi connectivity index (χ1) is 8.20. The van der Waals surface area contributed by atoms with Crippen molar-refractivity contribution in [3.8, 4) is 0 Å². The molecule has 2 N–H and O–H groups in total. The minimum Gasteiger partial charge on any atom is -0.462 e. The van der Waals surface area contributed by atoms with E-state index in [2.05, 4.69) is 4.74 Å². The molecule has 0 spiro atoms. The summed E-state index contributed by atoms with van der Waals surface area (Å²) in [5, 5.41) is -0.0812. The lowest BCUT2D eigenvalue weighted by Gasteiger charge is -2.09. The minimum atomic E-state index is -4.39. The predicted molar refractivity (Wildman–Crippen MR) is 61.8 cm³/mol. The summed E-state index contributed by atoms with van der Waals surface area (Å²) in [4.78, 5) is 11.5. The molecule has 0 atom stereocenters. The number of ether oxygens (including phenoxy) is 1. The van der Waals surface area contributed by atoms with E-state index < -0.39 is 25.2 Å². The standard InChI is InChI=1S/C10H8Cl2F3NO2/c11-7-4-5(16)3-6(8(7)12)9(17)18-2-1-10(13,14)15/h3-4H,1-2,16H2. The summed E-state index contributed by atoms with van der Waals surface area (Å²) in [6.07, 6.45) is -5.62. The Morgan fingerprint density at radius 1 is 1.33 bits per heavy atom. The van der Waals surface area contributed by atoms with Gasteiger partial charge in [0.1, 0.15) is 6.61 Å². The number of carbonyl (C=O) groups excluding carboxylic acids is 1. The van der Waals surface area contributed by atoms with E-state index in [1.165, 1.54) is 12.1 Å².